The molecule has 0 nitrogen and oxygen atoms in total. The van der Waals surface area contributed by atoms with Crippen LogP contribution in [0.25, 0.3) is 0 Å². The molecule has 0 spiro atoms. The minimum Gasteiger partial charge on any atom is -0.0949 e. The third kappa shape index (κ3) is 1.55. The summed E-state index contributed by atoms with van der Waals surface area (Å²) in [6, 6.07) is 4.41. The van der Waals surface area contributed by atoms with E-state index in [0.717, 1.165) is 6.32 Å². The maximum absolute atomic E-state index is 2.22. The molecule has 0 bridgehead atoms. The van der Waals surface area contributed by atoms with Gasteiger partial charge in [0, 0.05) is 0 Å². The molecular formula is C7H12B4. The van der Waals surface area contributed by atoms with E-state index in [0.29, 0.717) is 0 Å². The minimum atomic E-state index is 1.15. The van der Waals surface area contributed by atoms with E-state index in [9.17, 15) is 0 Å². The molecule has 0 aromatic heterocycles. The van der Waals surface area contributed by atoms with Crippen molar-refractivity contribution in [2.45, 2.75) is 6.32 Å². The van der Waals surface area contributed by atoms with E-state index in [1.165, 1.54) is 22.0 Å². The van der Waals surface area contributed by atoms with Gasteiger partial charge >= 0.3 is 0 Å². The first-order valence-electron chi connectivity index (χ1n) is 4.22. The van der Waals surface area contributed by atoms with Gasteiger partial charge in [0.05, 0.1) is 0 Å². The maximum atomic E-state index is 2.22. The quantitative estimate of drug-likeness (QED) is 0.345. The van der Waals surface area contributed by atoms with Crippen molar-refractivity contribution in [3.05, 3.63) is 17.7 Å². The molecule has 4 heteroatoms. The average molecular weight is 139 g/mol. The van der Waals surface area contributed by atoms with Crippen LogP contribution in [-0.4, -0.2) is 31.4 Å². The van der Waals surface area contributed by atoms with Gasteiger partial charge in [0.2, 0.25) is 0 Å². The Bertz CT molecular complexity index is 269. The van der Waals surface area contributed by atoms with Crippen LogP contribution in [0, 0.1) is 0 Å². The van der Waals surface area contributed by atoms with Crippen LogP contribution in [0.1, 0.15) is 5.56 Å². The molecule has 0 saturated heterocycles. The van der Waals surface area contributed by atoms with E-state index in [-0.39, 0.29) is 0 Å². The Hall–Kier alpha value is -0.520. The predicted molar refractivity (Wildman–Crippen MR) is 63.2 cm³/mol. The summed E-state index contributed by atoms with van der Waals surface area (Å²) >= 11 is 0. The smallest absolute Gasteiger partial charge is 0.0949 e. The molecule has 0 radical (unpaired) electrons. The lowest BCUT2D eigenvalue weighted by Gasteiger charge is -2.10. The summed E-state index contributed by atoms with van der Waals surface area (Å²) in [6.07, 6.45) is 1.15. The van der Waals surface area contributed by atoms with Crippen molar-refractivity contribution in [2.75, 3.05) is 0 Å². The van der Waals surface area contributed by atoms with E-state index >= 15 is 0 Å². The molecule has 0 aliphatic heterocycles. The van der Waals surface area contributed by atoms with Gasteiger partial charge in [0.25, 0.3) is 0 Å². The highest BCUT2D eigenvalue weighted by Crippen LogP contribution is 1.86. The molecule has 0 aliphatic rings. The fraction of sp³-hybridized carbons (Fsp3) is 0.143. The third-order valence-electron chi connectivity index (χ3n) is 2.46. The van der Waals surface area contributed by atoms with Gasteiger partial charge in [-0.15, -0.1) is 0 Å². The van der Waals surface area contributed by atoms with Gasteiger partial charge in [-0.3, -0.25) is 0 Å². The van der Waals surface area contributed by atoms with Crippen LogP contribution in [0.15, 0.2) is 12.1 Å². The van der Waals surface area contributed by atoms with Crippen LogP contribution in [0.2, 0.25) is 0 Å². The molecular weight excluding hydrogens is 127 g/mol. The van der Waals surface area contributed by atoms with Crippen LogP contribution in [-0.2, 0) is 6.32 Å². The monoisotopic (exact) mass is 140 g/mol. The van der Waals surface area contributed by atoms with Crippen LogP contribution in [0.5, 0.6) is 0 Å². The van der Waals surface area contributed by atoms with E-state index in [1.54, 1.807) is 0 Å². The summed E-state index contributed by atoms with van der Waals surface area (Å²) < 4.78 is 0. The summed E-state index contributed by atoms with van der Waals surface area (Å²) in [5.74, 6) is 0. The maximum Gasteiger partial charge on any atom is 0.139 e. The number of benzene rings is 1. The average Bonchev–Trinajstić information content (AvgIpc) is 1.99. The van der Waals surface area contributed by atoms with Gasteiger partial charge in [0.15, 0.2) is 0 Å². The lowest BCUT2D eigenvalue weighted by Crippen LogP contribution is -2.35. The Labute approximate surface area is 72.4 Å². The molecule has 0 heterocycles. The summed E-state index contributed by atoms with van der Waals surface area (Å²) in [4.78, 5) is 0. The van der Waals surface area contributed by atoms with Crippen molar-refractivity contribution < 1.29 is 0 Å². The van der Waals surface area contributed by atoms with E-state index in [1.807, 2.05) is 0 Å². The van der Waals surface area contributed by atoms with Crippen LogP contribution in [0.3, 0.4) is 0 Å². The second kappa shape index (κ2) is 3.25. The zero-order chi connectivity index (χ0) is 8.43. The summed E-state index contributed by atoms with van der Waals surface area (Å²) in [5, 5.41) is 0. The van der Waals surface area contributed by atoms with Gasteiger partial charge < -0.3 is 0 Å². The van der Waals surface area contributed by atoms with Gasteiger partial charge in [-0.2, -0.15) is 0 Å². The first-order valence-corrected chi connectivity index (χ1v) is 4.22. The third-order valence-corrected chi connectivity index (χ3v) is 2.46. The standard InChI is InChI=1S/C7H12B4/c8-3-4-5(9)1-2-6(10)7(4)11/h1-2H,3,8-11H2. The van der Waals surface area contributed by atoms with Gasteiger partial charge in [-0.05, 0) is 0 Å². The molecule has 1 aromatic rings. The second-order valence-electron chi connectivity index (χ2n) is 3.16. The Morgan fingerprint density at radius 3 is 2.00 bits per heavy atom. The minimum absolute atomic E-state index is 1.15. The van der Waals surface area contributed by atoms with Gasteiger partial charge in [-0.1, -0.05) is 40.4 Å². The second-order valence-corrected chi connectivity index (χ2v) is 3.16. The molecule has 0 amide bonds. The van der Waals surface area contributed by atoms with E-state index in [4.69, 9.17) is 0 Å². The Morgan fingerprint density at radius 2 is 1.55 bits per heavy atom. The van der Waals surface area contributed by atoms with Crippen molar-refractivity contribution in [1.29, 1.82) is 0 Å². The number of hydrogen-bond donors (Lipinski definition) is 0. The number of hydrogen-bond acceptors (Lipinski definition) is 0. The first-order chi connectivity index (χ1) is 5.16. The highest BCUT2D eigenvalue weighted by Gasteiger charge is 2.00. The van der Waals surface area contributed by atoms with Crippen LogP contribution in [0.4, 0.5) is 0 Å². The lowest BCUT2D eigenvalue weighted by molar-refractivity contribution is 1.48. The highest BCUT2D eigenvalue weighted by molar-refractivity contribution is 6.51. The van der Waals surface area contributed by atoms with Gasteiger partial charge in [0.1, 0.15) is 31.4 Å². The first kappa shape index (κ1) is 8.58. The zero-order valence-corrected chi connectivity index (χ0v) is 7.86. The Morgan fingerprint density at radius 1 is 1.00 bits per heavy atom. The van der Waals surface area contributed by atoms with Crippen molar-refractivity contribution in [3.63, 3.8) is 0 Å². The molecule has 0 atom stereocenters. The lowest BCUT2D eigenvalue weighted by atomic mass is 9.70. The molecule has 0 unspecified atom stereocenters. The van der Waals surface area contributed by atoms with Crippen LogP contribution >= 0.6 is 0 Å². The summed E-state index contributed by atoms with van der Waals surface area (Å²) in [7, 11) is 8.79. The highest BCUT2D eigenvalue weighted by atomic mass is 14.0. The molecule has 52 valence electrons. The molecule has 1 rings (SSSR count). The zero-order valence-electron chi connectivity index (χ0n) is 7.86. The van der Waals surface area contributed by atoms with Gasteiger partial charge in [-0.25, -0.2) is 0 Å². The molecule has 0 N–H and O–H groups in total. The summed E-state index contributed by atoms with van der Waals surface area (Å²) in [5.41, 5.74) is 5.82. The topological polar surface area (TPSA) is 0 Å². The van der Waals surface area contributed by atoms with E-state index in [2.05, 4.69) is 43.5 Å². The van der Waals surface area contributed by atoms with Crippen molar-refractivity contribution in [1.82, 2.24) is 0 Å². The molecule has 0 aliphatic carbocycles. The van der Waals surface area contributed by atoms with Crippen LogP contribution < -0.4 is 16.4 Å². The van der Waals surface area contributed by atoms with Crippen molar-refractivity contribution in [3.8, 4) is 0 Å². The van der Waals surface area contributed by atoms with Crippen molar-refractivity contribution >= 4 is 47.8 Å². The molecule has 1 aromatic carbocycles. The fourth-order valence-corrected chi connectivity index (χ4v) is 1.55. The Balaban J connectivity index is 3.29. The molecule has 11 heavy (non-hydrogen) atoms. The Kier molecular flexibility index (Phi) is 2.53. The fourth-order valence-electron chi connectivity index (χ4n) is 1.55. The molecule has 0 saturated carbocycles. The normalized spacial score (nSPS) is 9.82. The molecule has 0 fully saturated rings. The SMILES string of the molecule is BCc1c(B)ccc(B)c1B. The largest absolute Gasteiger partial charge is 0.139 e. The number of rotatable bonds is 1. The van der Waals surface area contributed by atoms with Crippen molar-refractivity contribution in [2.24, 2.45) is 0 Å². The predicted octanol–water partition coefficient (Wildman–Crippen LogP) is -4.41. The van der Waals surface area contributed by atoms with E-state index < -0.39 is 0 Å². The summed E-state index contributed by atoms with van der Waals surface area (Å²) in [6.45, 7) is 0.